The molecule has 1 aliphatic carbocycles. The van der Waals surface area contributed by atoms with Gasteiger partial charge in [-0.3, -0.25) is 18.7 Å². The molecular formula is C36H27Cl2F3N6O5S3. The van der Waals surface area contributed by atoms with Crippen molar-refractivity contribution in [3.63, 3.8) is 0 Å². The van der Waals surface area contributed by atoms with Crippen LogP contribution in [0.5, 0.6) is 5.75 Å². The molecule has 6 heterocycles. The van der Waals surface area contributed by atoms with Gasteiger partial charge in [-0.1, -0.05) is 38.1 Å². The summed E-state index contributed by atoms with van der Waals surface area (Å²) in [4.78, 5) is 44.0. The first-order chi connectivity index (χ1) is 25.3. The predicted octanol–water partition coefficient (Wildman–Crippen LogP) is 9.68. The van der Waals surface area contributed by atoms with Gasteiger partial charge in [0.1, 0.15) is 37.2 Å². The monoisotopic (exact) mass is 846 g/mol. The molecule has 0 amide bonds. The Labute approximate surface area is 328 Å². The van der Waals surface area contributed by atoms with E-state index in [1.807, 2.05) is 18.3 Å². The van der Waals surface area contributed by atoms with Crippen LogP contribution in [0.2, 0.25) is 10.0 Å². The third-order valence-corrected chi connectivity index (χ3v) is 11.9. The van der Waals surface area contributed by atoms with Crippen LogP contribution < -0.4 is 15.3 Å². The number of hydrogen-bond donors (Lipinski definition) is 0. The fourth-order valence-electron chi connectivity index (χ4n) is 5.64. The quantitative estimate of drug-likeness (QED) is 0.122. The van der Waals surface area contributed by atoms with Crippen LogP contribution in [0.25, 0.3) is 52.2 Å². The summed E-state index contributed by atoms with van der Waals surface area (Å²) in [5.41, 5.74) is -2.91. The number of fused-ring (bicyclic) bond motifs is 6. The summed E-state index contributed by atoms with van der Waals surface area (Å²) < 4.78 is 68.6. The molecule has 8 aromatic rings. The standard InChI is InChI=1S/C18H12ClN3OS.C16H7ClF3N3O4S2.2CH4/c19-11-3-5-12(6-4-11)22-9-21-15-14-13(10-1-2-10)7-8-20-17(14)24-16(15)18(22)23;17-8-1-3-9(4-2-8)23-7-22-12-11-10(27-29(25,26)16(18,19)20)5-6-21-14(11)28-13(12)15(23)24;;/h3-10H,1-2H2;1-7H;2*1H4. The van der Waals surface area contributed by atoms with Crippen molar-refractivity contribution < 1.29 is 25.8 Å². The molecular weight excluding hydrogens is 821 g/mol. The molecule has 1 aliphatic rings. The molecule has 2 aromatic carbocycles. The van der Waals surface area contributed by atoms with Crippen molar-refractivity contribution in [2.75, 3.05) is 0 Å². The minimum Gasteiger partial charge on any atom is -0.375 e. The molecule has 55 heavy (non-hydrogen) atoms. The maximum Gasteiger partial charge on any atom is 0.534 e. The lowest BCUT2D eigenvalue weighted by molar-refractivity contribution is -0.0499. The van der Waals surface area contributed by atoms with Crippen LogP contribution in [0.4, 0.5) is 13.2 Å². The van der Waals surface area contributed by atoms with E-state index in [1.54, 1.807) is 47.3 Å². The number of aromatic nitrogens is 6. The summed E-state index contributed by atoms with van der Waals surface area (Å²) in [5.74, 6) is -0.0245. The van der Waals surface area contributed by atoms with Gasteiger partial charge in [0.15, 0.2) is 5.75 Å². The first-order valence-electron chi connectivity index (χ1n) is 15.4. The van der Waals surface area contributed by atoms with E-state index in [9.17, 15) is 31.2 Å². The van der Waals surface area contributed by atoms with Gasteiger partial charge in [-0.05, 0) is 78.9 Å². The van der Waals surface area contributed by atoms with Crippen molar-refractivity contribution in [1.29, 1.82) is 0 Å². The van der Waals surface area contributed by atoms with E-state index in [0.717, 1.165) is 45.0 Å². The highest BCUT2D eigenvalue weighted by Crippen LogP contribution is 2.45. The maximum atomic E-state index is 13.0. The second-order valence-electron chi connectivity index (χ2n) is 11.7. The Morgan fingerprint density at radius 1 is 0.691 bits per heavy atom. The summed E-state index contributed by atoms with van der Waals surface area (Å²) in [6.45, 7) is 0. The zero-order chi connectivity index (χ0) is 37.2. The first-order valence-corrected chi connectivity index (χ1v) is 19.2. The van der Waals surface area contributed by atoms with E-state index in [-0.39, 0.29) is 40.8 Å². The van der Waals surface area contributed by atoms with E-state index in [0.29, 0.717) is 26.4 Å². The van der Waals surface area contributed by atoms with Gasteiger partial charge < -0.3 is 4.18 Å². The van der Waals surface area contributed by atoms with E-state index < -0.39 is 26.9 Å². The highest BCUT2D eigenvalue weighted by atomic mass is 35.5. The van der Waals surface area contributed by atoms with E-state index in [1.165, 1.54) is 40.6 Å². The van der Waals surface area contributed by atoms with Crippen LogP contribution in [0.3, 0.4) is 0 Å². The van der Waals surface area contributed by atoms with Gasteiger partial charge in [0.05, 0.1) is 22.3 Å². The fraction of sp³-hybridized carbons (Fsp3) is 0.167. The third-order valence-electron chi connectivity index (χ3n) is 8.27. The van der Waals surface area contributed by atoms with Crippen LogP contribution in [-0.4, -0.2) is 43.0 Å². The summed E-state index contributed by atoms with van der Waals surface area (Å²) in [5, 5.41) is 2.07. The van der Waals surface area contributed by atoms with Crippen LogP contribution >= 0.6 is 45.9 Å². The Bertz CT molecular complexity index is 2960. The summed E-state index contributed by atoms with van der Waals surface area (Å²) in [6.07, 6.45) is 8.11. The highest BCUT2D eigenvalue weighted by Gasteiger charge is 2.49. The third kappa shape index (κ3) is 7.29. The van der Waals surface area contributed by atoms with E-state index in [2.05, 4.69) is 30.2 Å². The van der Waals surface area contributed by atoms with Gasteiger partial charge in [-0.2, -0.15) is 21.6 Å². The number of rotatable bonds is 5. The average molecular weight is 848 g/mol. The van der Waals surface area contributed by atoms with Crippen LogP contribution in [0.1, 0.15) is 39.2 Å². The van der Waals surface area contributed by atoms with Gasteiger partial charge >= 0.3 is 15.6 Å². The van der Waals surface area contributed by atoms with Crippen LogP contribution in [0, 0.1) is 0 Å². The molecule has 0 aliphatic heterocycles. The topological polar surface area (TPSA) is 139 Å². The zero-order valence-corrected chi connectivity index (χ0v) is 30.4. The Hall–Kier alpha value is -4.94. The lowest BCUT2D eigenvalue weighted by Crippen LogP contribution is -2.28. The Balaban J connectivity index is 0.000000183. The van der Waals surface area contributed by atoms with E-state index in [4.69, 9.17) is 23.2 Å². The molecule has 0 bridgehead atoms. The molecule has 11 nitrogen and oxygen atoms in total. The molecule has 0 N–H and O–H groups in total. The van der Waals surface area contributed by atoms with Crippen molar-refractivity contribution in [3.8, 4) is 17.1 Å². The number of alkyl halides is 3. The van der Waals surface area contributed by atoms with Gasteiger partial charge in [0.2, 0.25) is 0 Å². The zero-order valence-electron chi connectivity index (χ0n) is 26.4. The number of pyridine rings is 2. The molecule has 9 rings (SSSR count). The normalized spacial score (nSPS) is 13.0. The van der Waals surface area contributed by atoms with Crippen molar-refractivity contribution >= 4 is 96.9 Å². The molecule has 0 saturated heterocycles. The van der Waals surface area contributed by atoms with Gasteiger partial charge in [-0.25, -0.2) is 19.9 Å². The van der Waals surface area contributed by atoms with Crippen molar-refractivity contribution in [2.24, 2.45) is 0 Å². The lowest BCUT2D eigenvalue weighted by atomic mass is 10.1. The molecule has 1 saturated carbocycles. The molecule has 0 atom stereocenters. The number of benzene rings is 2. The number of thiophene rings is 2. The molecule has 6 aromatic heterocycles. The number of nitrogens with zero attached hydrogens (tertiary/aromatic N) is 6. The largest absolute Gasteiger partial charge is 0.534 e. The molecule has 19 heteroatoms. The minimum absolute atomic E-state index is 0. The molecule has 0 spiro atoms. The second-order valence-corrected chi connectivity index (χ2v) is 16.1. The van der Waals surface area contributed by atoms with Crippen molar-refractivity contribution in [2.45, 2.75) is 39.1 Å². The van der Waals surface area contributed by atoms with Crippen LogP contribution in [0.15, 0.2) is 95.3 Å². The van der Waals surface area contributed by atoms with E-state index >= 15 is 0 Å². The van der Waals surface area contributed by atoms with Crippen molar-refractivity contribution in [1.82, 2.24) is 29.1 Å². The summed E-state index contributed by atoms with van der Waals surface area (Å²) in [6, 6.07) is 16.5. The first kappa shape index (κ1) is 39.7. The Kier molecular flexibility index (Phi) is 10.8. The maximum absolute atomic E-state index is 13.0. The van der Waals surface area contributed by atoms with Gasteiger partial charge in [0.25, 0.3) is 11.1 Å². The van der Waals surface area contributed by atoms with Gasteiger partial charge in [0, 0.05) is 33.9 Å². The summed E-state index contributed by atoms with van der Waals surface area (Å²) in [7, 11) is -5.90. The molecule has 0 unspecified atom stereocenters. The van der Waals surface area contributed by atoms with Crippen molar-refractivity contribution in [3.05, 3.63) is 122 Å². The highest BCUT2D eigenvalue weighted by molar-refractivity contribution is 7.88. The smallest absolute Gasteiger partial charge is 0.375 e. The molecule has 1 fully saturated rings. The number of hydrogen-bond acceptors (Lipinski definition) is 11. The van der Waals surface area contributed by atoms with Crippen LogP contribution in [-0.2, 0) is 10.1 Å². The predicted molar refractivity (Wildman–Crippen MR) is 212 cm³/mol. The average Bonchev–Trinajstić information content (AvgIpc) is 3.79. The molecule has 0 radical (unpaired) electrons. The fourth-order valence-corrected chi connectivity index (χ4v) is 8.47. The second kappa shape index (κ2) is 15.0. The molecule has 284 valence electrons. The lowest BCUT2D eigenvalue weighted by Gasteiger charge is -2.10. The summed E-state index contributed by atoms with van der Waals surface area (Å²) >= 11 is 14.1. The number of halogens is 5. The minimum atomic E-state index is -5.90. The Morgan fingerprint density at radius 3 is 1.62 bits per heavy atom. The Morgan fingerprint density at radius 2 is 1.15 bits per heavy atom. The van der Waals surface area contributed by atoms with Gasteiger partial charge in [-0.15, -0.1) is 22.7 Å². The SMILES string of the molecule is C.C.O=c1c2sc3nccc(C4CC4)c3c2ncn1-c1ccc(Cl)cc1.O=c1c2sc3nccc(OS(=O)(=O)C(F)(F)F)c3c2ncn1-c1ccc(Cl)cc1.